The Morgan fingerprint density at radius 3 is 2.57 bits per heavy atom. The fourth-order valence-electron chi connectivity index (χ4n) is 1.09. The first kappa shape index (κ1) is 11.1. The van der Waals surface area contributed by atoms with Crippen LogP contribution < -0.4 is 16.0 Å². The largest absolute Gasteiger partial charge is 0.376 e. The summed E-state index contributed by atoms with van der Waals surface area (Å²) >= 11 is 10.8. The number of hydrogen-bond donors (Lipinski definition) is 2. The maximum absolute atomic E-state index is 6.04. The van der Waals surface area contributed by atoms with Crippen molar-refractivity contribution in [1.29, 1.82) is 0 Å². The molecule has 0 aliphatic rings. The highest BCUT2D eigenvalue weighted by atomic mass is 35.5. The van der Waals surface area contributed by atoms with Crippen LogP contribution in [0, 0.1) is 0 Å². The van der Waals surface area contributed by atoms with E-state index in [-0.39, 0.29) is 5.11 Å². The first-order chi connectivity index (χ1) is 6.50. The van der Waals surface area contributed by atoms with Gasteiger partial charge in [-0.3, -0.25) is 0 Å². The molecule has 1 rings (SSSR count). The lowest BCUT2D eigenvalue weighted by molar-refractivity contribution is 1.13. The monoisotopic (exact) mass is 229 g/mol. The Bertz CT molecular complexity index is 352. The molecule has 5 heteroatoms. The van der Waals surface area contributed by atoms with Crippen LogP contribution in [0.15, 0.2) is 18.2 Å². The molecule has 0 aliphatic heterocycles. The third kappa shape index (κ3) is 2.75. The third-order valence-electron chi connectivity index (χ3n) is 1.70. The minimum absolute atomic E-state index is 0.235. The minimum Gasteiger partial charge on any atom is -0.376 e. The quantitative estimate of drug-likeness (QED) is 0.762. The Morgan fingerprint density at radius 1 is 1.50 bits per heavy atom. The molecule has 0 saturated carbocycles. The molecule has 14 heavy (non-hydrogen) atoms. The van der Waals surface area contributed by atoms with Crippen LogP contribution in [0.3, 0.4) is 0 Å². The lowest BCUT2D eigenvalue weighted by atomic mass is 10.2. The predicted octanol–water partition coefficient (Wildman–Crippen LogP) is 2.06. The Kier molecular flexibility index (Phi) is 3.55. The molecule has 0 spiro atoms. The van der Waals surface area contributed by atoms with Gasteiger partial charge >= 0.3 is 0 Å². The number of nitrogens with one attached hydrogen (secondary N) is 1. The van der Waals surface area contributed by atoms with Gasteiger partial charge in [0.25, 0.3) is 0 Å². The summed E-state index contributed by atoms with van der Waals surface area (Å²) in [5.41, 5.74) is 7.10. The lowest BCUT2D eigenvalue weighted by Gasteiger charge is -2.15. The van der Waals surface area contributed by atoms with Crippen molar-refractivity contribution in [3.05, 3.63) is 23.2 Å². The molecule has 0 atom stereocenters. The summed E-state index contributed by atoms with van der Waals surface area (Å²) < 4.78 is 0. The summed E-state index contributed by atoms with van der Waals surface area (Å²) in [5.74, 6) is 0. The van der Waals surface area contributed by atoms with Crippen LogP contribution in [-0.2, 0) is 0 Å². The van der Waals surface area contributed by atoms with Crippen LogP contribution in [0.25, 0.3) is 0 Å². The van der Waals surface area contributed by atoms with E-state index in [0.29, 0.717) is 5.02 Å². The number of nitrogens with two attached hydrogens (primary N) is 1. The molecule has 76 valence electrons. The van der Waals surface area contributed by atoms with Crippen LogP contribution in [0.1, 0.15) is 0 Å². The Hall–Kier alpha value is -1.00. The van der Waals surface area contributed by atoms with Gasteiger partial charge in [0.15, 0.2) is 5.11 Å². The summed E-state index contributed by atoms with van der Waals surface area (Å²) in [7, 11) is 3.86. The van der Waals surface area contributed by atoms with Crippen LogP contribution in [0.2, 0.25) is 5.02 Å². The molecule has 1 aromatic rings. The molecule has 0 unspecified atom stereocenters. The molecule has 0 bridgehead atoms. The smallest absolute Gasteiger partial charge is 0.168 e. The number of hydrogen-bond acceptors (Lipinski definition) is 2. The first-order valence-electron chi connectivity index (χ1n) is 4.04. The number of halogens is 1. The van der Waals surface area contributed by atoms with E-state index in [2.05, 4.69) is 5.32 Å². The number of anilines is 2. The van der Waals surface area contributed by atoms with Crippen molar-refractivity contribution in [2.24, 2.45) is 5.73 Å². The number of benzene rings is 1. The SMILES string of the molecule is CN(C)c1ccc(NC(N)=S)cc1Cl. The van der Waals surface area contributed by atoms with E-state index in [1.807, 2.05) is 31.1 Å². The number of rotatable bonds is 2. The maximum atomic E-state index is 6.04. The zero-order valence-electron chi connectivity index (χ0n) is 8.04. The fourth-order valence-corrected chi connectivity index (χ4v) is 1.56. The van der Waals surface area contributed by atoms with Crippen molar-refractivity contribution in [3.63, 3.8) is 0 Å². The molecular formula is C9H12ClN3S. The molecule has 0 amide bonds. The van der Waals surface area contributed by atoms with E-state index in [4.69, 9.17) is 29.6 Å². The topological polar surface area (TPSA) is 41.3 Å². The molecule has 3 nitrogen and oxygen atoms in total. The van der Waals surface area contributed by atoms with Crippen molar-refractivity contribution in [1.82, 2.24) is 0 Å². The first-order valence-corrected chi connectivity index (χ1v) is 4.82. The molecule has 0 saturated heterocycles. The van der Waals surface area contributed by atoms with Crippen molar-refractivity contribution in [2.45, 2.75) is 0 Å². The second-order valence-corrected chi connectivity index (χ2v) is 3.90. The van der Waals surface area contributed by atoms with E-state index >= 15 is 0 Å². The van der Waals surface area contributed by atoms with E-state index in [9.17, 15) is 0 Å². The van der Waals surface area contributed by atoms with Gasteiger partial charge in [-0.2, -0.15) is 0 Å². The fraction of sp³-hybridized carbons (Fsp3) is 0.222. The minimum atomic E-state index is 0.235. The van der Waals surface area contributed by atoms with Gasteiger partial charge in [-0.15, -0.1) is 0 Å². The molecule has 0 heterocycles. The Morgan fingerprint density at radius 2 is 2.14 bits per heavy atom. The third-order valence-corrected chi connectivity index (χ3v) is 2.10. The van der Waals surface area contributed by atoms with Gasteiger partial charge in [-0.05, 0) is 30.4 Å². The highest BCUT2D eigenvalue weighted by Gasteiger charge is 2.03. The van der Waals surface area contributed by atoms with Crippen molar-refractivity contribution in [2.75, 3.05) is 24.3 Å². The van der Waals surface area contributed by atoms with Gasteiger partial charge in [-0.25, -0.2) is 0 Å². The van der Waals surface area contributed by atoms with E-state index in [0.717, 1.165) is 11.4 Å². The standard InChI is InChI=1S/C9H12ClN3S/c1-13(2)8-4-3-6(5-7(8)10)12-9(11)14/h3-5H,1-2H3,(H3,11,12,14). The Labute approximate surface area is 93.8 Å². The van der Waals surface area contributed by atoms with Gasteiger partial charge in [0.1, 0.15) is 0 Å². The van der Waals surface area contributed by atoms with Crippen LogP contribution in [-0.4, -0.2) is 19.2 Å². The normalized spacial score (nSPS) is 9.64. The summed E-state index contributed by atoms with van der Waals surface area (Å²) in [5, 5.41) is 3.72. The van der Waals surface area contributed by atoms with Crippen LogP contribution >= 0.6 is 23.8 Å². The van der Waals surface area contributed by atoms with E-state index < -0.39 is 0 Å². The summed E-state index contributed by atoms with van der Waals surface area (Å²) in [4.78, 5) is 1.94. The van der Waals surface area contributed by atoms with Gasteiger partial charge in [0.2, 0.25) is 0 Å². The zero-order valence-corrected chi connectivity index (χ0v) is 9.62. The summed E-state index contributed by atoms with van der Waals surface area (Å²) in [6.45, 7) is 0. The second kappa shape index (κ2) is 4.48. The van der Waals surface area contributed by atoms with Crippen molar-refractivity contribution in [3.8, 4) is 0 Å². The maximum Gasteiger partial charge on any atom is 0.168 e. The molecule has 1 aromatic carbocycles. The molecule has 0 radical (unpaired) electrons. The highest BCUT2D eigenvalue weighted by molar-refractivity contribution is 7.80. The molecule has 0 aromatic heterocycles. The van der Waals surface area contributed by atoms with Crippen molar-refractivity contribution < 1.29 is 0 Å². The molecule has 0 aliphatic carbocycles. The average molecular weight is 230 g/mol. The number of thiocarbonyl (C=S) groups is 1. The van der Waals surface area contributed by atoms with Gasteiger partial charge < -0.3 is 16.0 Å². The number of nitrogens with zero attached hydrogens (tertiary/aromatic N) is 1. The van der Waals surface area contributed by atoms with E-state index in [1.54, 1.807) is 6.07 Å². The van der Waals surface area contributed by atoms with Crippen LogP contribution in [0.5, 0.6) is 0 Å². The highest BCUT2D eigenvalue weighted by Crippen LogP contribution is 2.27. The zero-order chi connectivity index (χ0) is 10.7. The Balaban J connectivity index is 2.94. The average Bonchev–Trinajstić information content (AvgIpc) is 2.01. The van der Waals surface area contributed by atoms with Crippen molar-refractivity contribution >= 4 is 40.3 Å². The van der Waals surface area contributed by atoms with Gasteiger partial charge in [0.05, 0.1) is 10.7 Å². The van der Waals surface area contributed by atoms with Gasteiger partial charge in [-0.1, -0.05) is 11.6 Å². The molecule has 3 N–H and O–H groups in total. The summed E-state index contributed by atoms with van der Waals surface area (Å²) in [6.07, 6.45) is 0. The van der Waals surface area contributed by atoms with E-state index in [1.165, 1.54) is 0 Å². The second-order valence-electron chi connectivity index (χ2n) is 3.05. The summed E-state index contributed by atoms with van der Waals surface area (Å²) in [6, 6.07) is 5.57. The molecule has 0 fully saturated rings. The molecular weight excluding hydrogens is 218 g/mol. The van der Waals surface area contributed by atoms with Crippen LogP contribution in [0.4, 0.5) is 11.4 Å². The lowest BCUT2D eigenvalue weighted by Crippen LogP contribution is -2.19. The predicted molar refractivity (Wildman–Crippen MR) is 66.2 cm³/mol. The van der Waals surface area contributed by atoms with Gasteiger partial charge in [0, 0.05) is 19.8 Å².